The van der Waals surface area contributed by atoms with E-state index < -0.39 is 0 Å². The van der Waals surface area contributed by atoms with Gasteiger partial charge in [0.2, 0.25) is 0 Å². The summed E-state index contributed by atoms with van der Waals surface area (Å²) < 4.78 is 0.951. The molecule has 1 atom stereocenters. The Labute approximate surface area is 122 Å². The molecule has 0 aliphatic carbocycles. The van der Waals surface area contributed by atoms with Crippen LogP contribution in [0, 0.1) is 6.92 Å². The average Bonchev–Trinajstić information content (AvgIpc) is 2.42. The van der Waals surface area contributed by atoms with Gasteiger partial charge in [-0.25, -0.2) is 0 Å². The Bertz CT molecular complexity index is 581. The molecule has 0 aromatic heterocycles. The zero-order valence-corrected chi connectivity index (χ0v) is 12.6. The first-order valence-electron chi connectivity index (χ1n) is 6.20. The molecule has 2 aromatic rings. The van der Waals surface area contributed by atoms with E-state index in [4.69, 9.17) is 0 Å². The topological polar surface area (TPSA) is 29.1 Å². The van der Waals surface area contributed by atoms with Crippen molar-refractivity contribution in [3.05, 3.63) is 69.7 Å². The van der Waals surface area contributed by atoms with Crippen LogP contribution >= 0.6 is 15.9 Å². The lowest BCUT2D eigenvalue weighted by Crippen LogP contribution is -2.26. The van der Waals surface area contributed by atoms with E-state index >= 15 is 0 Å². The second-order valence-electron chi connectivity index (χ2n) is 4.57. The van der Waals surface area contributed by atoms with E-state index in [1.54, 1.807) is 0 Å². The summed E-state index contributed by atoms with van der Waals surface area (Å²) in [7, 11) is 0. The summed E-state index contributed by atoms with van der Waals surface area (Å²) in [6.07, 6.45) is 0. The standard InChI is InChI=1S/C16H16BrNO/c1-11-8-9-14(10-15(11)17)16(19)18-12(2)13-6-4-3-5-7-13/h3-10,12H,1-2H3,(H,18,19)/t12-/m0/s1. The van der Waals surface area contributed by atoms with Gasteiger partial charge in [-0.2, -0.15) is 0 Å². The number of carbonyl (C=O) groups is 1. The number of hydrogen-bond donors (Lipinski definition) is 1. The molecule has 2 rings (SSSR count). The van der Waals surface area contributed by atoms with Gasteiger partial charge >= 0.3 is 0 Å². The Morgan fingerprint density at radius 1 is 1.16 bits per heavy atom. The van der Waals surface area contributed by atoms with E-state index in [1.807, 2.05) is 62.4 Å². The van der Waals surface area contributed by atoms with Crippen LogP contribution in [0.1, 0.15) is 34.5 Å². The summed E-state index contributed by atoms with van der Waals surface area (Å²) in [5.41, 5.74) is 2.88. The highest BCUT2D eigenvalue weighted by molar-refractivity contribution is 9.10. The van der Waals surface area contributed by atoms with E-state index in [-0.39, 0.29) is 11.9 Å². The zero-order valence-electron chi connectivity index (χ0n) is 11.0. The number of benzene rings is 2. The van der Waals surface area contributed by atoms with Crippen LogP contribution in [-0.2, 0) is 0 Å². The molecule has 98 valence electrons. The highest BCUT2D eigenvalue weighted by atomic mass is 79.9. The van der Waals surface area contributed by atoms with Gasteiger partial charge in [-0.3, -0.25) is 4.79 Å². The van der Waals surface area contributed by atoms with Crippen LogP contribution < -0.4 is 5.32 Å². The lowest BCUT2D eigenvalue weighted by Gasteiger charge is -2.14. The molecule has 0 aliphatic rings. The largest absolute Gasteiger partial charge is 0.346 e. The summed E-state index contributed by atoms with van der Waals surface area (Å²) in [5.74, 6) is -0.0583. The van der Waals surface area contributed by atoms with Crippen LogP contribution in [0.4, 0.5) is 0 Å². The van der Waals surface area contributed by atoms with Crippen LogP contribution in [0.15, 0.2) is 53.0 Å². The van der Waals surface area contributed by atoms with Gasteiger partial charge < -0.3 is 5.32 Å². The van der Waals surface area contributed by atoms with Crippen molar-refractivity contribution in [3.63, 3.8) is 0 Å². The Morgan fingerprint density at radius 2 is 1.84 bits per heavy atom. The first kappa shape index (κ1) is 13.8. The van der Waals surface area contributed by atoms with Crippen molar-refractivity contribution in [3.8, 4) is 0 Å². The molecule has 1 amide bonds. The van der Waals surface area contributed by atoms with Crippen molar-refractivity contribution in [1.82, 2.24) is 5.32 Å². The molecule has 0 aliphatic heterocycles. The lowest BCUT2D eigenvalue weighted by molar-refractivity contribution is 0.0940. The monoisotopic (exact) mass is 317 g/mol. The van der Waals surface area contributed by atoms with E-state index in [0.717, 1.165) is 15.6 Å². The summed E-state index contributed by atoms with van der Waals surface area (Å²) in [6, 6.07) is 15.6. The third-order valence-electron chi connectivity index (χ3n) is 3.08. The molecule has 0 unspecified atom stereocenters. The quantitative estimate of drug-likeness (QED) is 0.901. The van der Waals surface area contributed by atoms with Gasteiger partial charge in [0.25, 0.3) is 5.91 Å². The minimum atomic E-state index is -0.0583. The highest BCUT2D eigenvalue weighted by Gasteiger charge is 2.11. The molecule has 3 heteroatoms. The molecule has 0 saturated heterocycles. The number of hydrogen-bond acceptors (Lipinski definition) is 1. The number of aryl methyl sites for hydroxylation is 1. The number of nitrogens with one attached hydrogen (secondary N) is 1. The van der Waals surface area contributed by atoms with Crippen molar-refractivity contribution in [2.75, 3.05) is 0 Å². The van der Waals surface area contributed by atoms with Crippen molar-refractivity contribution in [2.45, 2.75) is 19.9 Å². The number of rotatable bonds is 3. The highest BCUT2D eigenvalue weighted by Crippen LogP contribution is 2.18. The molecule has 0 heterocycles. The fourth-order valence-electron chi connectivity index (χ4n) is 1.84. The fourth-order valence-corrected chi connectivity index (χ4v) is 2.22. The molecule has 0 fully saturated rings. The van der Waals surface area contributed by atoms with Gasteiger partial charge in [-0.05, 0) is 37.1 Å². The molecule has 0 radical (unpaired) electrons. The van der Waals surface area contributed by atoms with Crippen molar-refractivity contribution < 1.29 is 4.79 Å². The Hall–Kier alpha value is -1.61. The molecular formula is C16H16BrNO. The predicted octanol–water partition coefficient (Wildman–Crippen LogP) is 4.25. The molecule has 19 heavy (non-hydrogen) atoms. The number of halogens is 1. The first-order valence-corrected chi connectivity index (χ1v) is 6.99. The van der Waals surface area contributed by atoms with Gasteiger partial charge in [0.1, 0.15) is 0 Å². The van der Waals surface area contributed by atoms with Crippen molar-refractivity contribution in [2.24, 2.45) is 0 Å². The maximum atomic E-state index is 12.2. The second kappa shape index (κ2) is 6.02. The molecule has 2 aromatic carbocycles. The Balaban J connectivity index is 2.11. The van der Waals surface area contributed by atoms with Gasteiger partial charge in [-0.1, -0.05) is 52.3 Å². The summed E-state index contributed by atoms with van der Waals surface area (Å²) in [5, 5.41) is 3.00. The van der Waals surface area contributed by atoms with E-state index in [2.05, 4.69) is 21.2 Å². The summed E-state index contributed by atoms with van der Waals surface area (Å²) in [6.45, 7) is 3.98. The van der Waals surface area contributed by atoms with Crippen LogP contribution in [0.5, 0.6) is 0 Å². The molecule has 2 nitrogen and oxygen atoms in total. The fraction of sp³-hybridized carbons (Fsp3) is 0.188. The average molecular weight is 318 g/mol. The number of amides is 1. The minimum absolute atomic E-state index is 0.00576. The predicted molar refractivity (Wildman–Crippen MR) is 81.2 cm³/mol. The maximum absolute atomic E-state index is 12.2. The second-order valence-corrected chi connectivity index (χ2v) is 5.42. The van der Waals surface area contributed by atoms with Gasteiger partial charge in [0.15, 0.2) is 0 Å². The maximum Gasteiger partial charge on any atom is 0.251 e. The van der Waals surface area contributed by atoms with Crippen LogP contribution in [0.2, 0.25) is 0 Å². The zero-order chi connectivity index (χ0) is 13.8. The molecule has 0 spiro atoms. The van der Waals surface area contributed by atoms with Crippen LogP contribution in [-0.4, -0.2) is 5.91 Å². The smallest absolute Gasteiger partial charge is 0.251 e. The van der Waals surface area contributed by atoms with E-state index in [1.165, 1.54) is 0 Å². The summed E-state index contributed by atoms with van der Waals surface area (Å²) in [4.78, 5) is 12.2. The molecule has 0 bridgehead atoms. The minimum Gasteiger partial charge on any atom is -0.346 e. The van der Waals surface area contributed by atoms with E-state index in [9.17, 15) is 4.79 Å². The molecule has 0 saturated carbocycles. The van der Waals surface area contributed by atoms with Crippen molar-refractivity contribution >= 4 is 21.8 Å². The number of carbonyl (C=O) groups excluding carboxylic acids is 1. The summed E-state index contributed by atoms with van der Waals surface area (Å²) >= 11 is 3.45. The third-order valence-corrected chi connectivity index (χ3v) is 3.94. The SMILES string of the molecule is Cc1ccc(C(=O)N[C@@H](C)c2ccccc2)cc1Br. The first-order chi connectivity index (χ1) is 9.08. The third kappa shape index (κ3) is 3.44. The van der Waals surface area contributed by atoms with Crippen LogP contribution in [0.25, 0.3) is 0 Å². The van der Waals surface area contributed by atoms with Crippen LogP contribution in [0.3, 0.4) is 0 Å². The lowest BCUT2D eigenvalue weighted by atomic mass is 10.1. The molecular weight excluding hydrogens is 302 g/mol. The Kier molecular flexibility index (Phi) is 4.38. The van der Waals surface area contributed by atoms with Gasteiger partial charge in [0, 0.05) is 10.0 Å². The van der Waals surface area contributed by atoms with Crippen molar-refractivity contribution in [1.29, 1.82) is 0 Å². The molecule has 1 N–H and O–H groups in total. The van der Waals surface area contributed by atoms with Gasteiger partial charge in [0.05, 0.1) is 6.04 Å². The Morgan fingerprint density at radius 3 is 2.47 bits per heavy atom. The van der Waals surface area contributed by atoms with Gasteiger partial charge in [-0.15, -0.1) is 0 Å². The normalized spacial score (nSPS) is 11.9. The van der Waals surface area contributed by atoms with E-state index in [0.29, 0.717) is 5.56 Å².